The fourth-order valence-electron chi connectivity index (χ4n) is 2.74. The number of benzene rings is 1. The van der Waals surface area contributed by atoms with Crippen LogP contribution in [-0.4, -0.2) is 19.9 Å². The van der Waals surface area contributed by atoms with Crippen molar-refractivity contribution in [3.63, 3.8) is 0 Å². The molecule has 5 nitrogen and oxygen atoms in total. The fraction of sp³-hybridized carbons (Fsp3) is 0.0556. The Morgan fingerprint density at radius 2 is 2.00 bits per heavy atom. The van der Waals surface area contributed by atoms with Gasteiger partial charge in [0.05, 0.1) is 35.0 Å². The number of aromatic amines is 2. The summed E-state index contributed by atoms with van der Waals surface area (Å²) in [5.41, 5.74) is 5.11. The van der Waals surface area contributed by atoms with Gasteiger partial charge in [0, 0.05) is 17.1 Å². The second-order valence-electron chi connectivity index (χ2n) is 5.43. The Kier molecular flexibility index (Phi) is 3.05. The minimum absolute atomic E-state index is 0.132. The lowest BCUT2D eigenvalue weighted by atomic mass is 10.0. The molecule has 4 aromatic rings. The van der Waals surface area contributed by atoms with E-state index in [1.165, 1.54) is 0 Å². The normalized spacial score (nSPS) is 11.0. The van der Waals surface area contributed by atoms with Gasteiger partial charge in [-0.05, 0) is 42.8 Å². The summed E-state index contributed by atoms with van der Waals surface area (Å²) < 4.78 is 0. The van der Waals surface area contributed by atoms with Gasteiger partial charge in [-0.15, -0.1) is 0 Å². The van der Waals surface area contributed by atoms with Crippen LogP contribution in [0.1, 0.15) is 5.56 Å². The molecule has 3 heterocycles. The number of imidazole rings is 1. The van der Waals surface area contributed by atoms with Gasteiger partial charge in [-0.2, -0.15) is 0 Å². The van der Waals surface area contributed by atoms with E-state index in [-0.39, 0.29) is 5.56 Å². The third-order valence-corrected chi connectivity index (χ3v) is 3.92. The molecule has 0 aliphatic heterocycles. The van der Waals surface area contributed by atoms with Gasteiger partial charge < -0.3 is 9.97 Å². The standard InChI is InChI=1S/C18H14N4O/c1-11-7-16(13-3-2-6-20-18(13)23)22-15-5-4-12(8-14(11)15)17-9-19-10-21-17/h2-10H,1H3,(H,19,21)(H,20,23). The van der Waals surface area contributed by atoms with E-state index in [9.17, 15) is 4.79 Å². The molecular weight excluding hydrogens is 288 g/mol. The second kappa shape index (κ2) is 5.21. The van der Waals surface area contributed by atoms with Crippen LogP contribution in [0.2, 0.25) is 0 Å². The highest BCUT2D eigenvalue weighted by atomic mass is 16.1. The summed E-state index contributed by atoms with van der Waals surface area (Å²) in [5.74, 6) is 0. The van der Waals surface area contributed by atoms with Crippen LogP contribution in [0.3, 0.4) is 0 Å². The molecule has 0 bridgehead atoms. The molecule has 0 aliphatic carbocycles. The van der Waals surface area contributed by atoms with Gasteiger partial charge >= 0.3 is 0 Å². The van der Waals surface area contributed by atoms with Gasteiger partial charge in [0.25, 0.3) is 5.56 Å². The van der Waals surface area contributed by atoms with E-state index in [0.717, 1.165) is 27.7 Å². The number of nitrogens with one attached hydrogen (secondary N) is 2. The third kappa shape index (κ3) is 2.32. The zero-order chi connectivity index (χ0) is 15.8. The number of H-pyrrole nitrogens is 2. The molecule has 2 N–H and O–H groups in total. The molecule has 0 amide bonds. The number of hydrogen-bond acceptors (Lipinski definition) is 3. The van der Waals surface area contributed by atoms with Crippen molar-refractivity contribution >= 4 is 10.9 Å². The summed E-state index contributed by atoms with van der Waals surface area (Å²) in [4.78, 5) is 26.5. The van der Waals surface area contributed by atoms with Crippen molar-refractivity contribution in [2.75, 3.05) is 0 Å². The van der Waals surface area contributed by atoms with E-state index in [1.807, 2.05) is 25.1 Å². The maximum atomic E-state index is 12.0. The molecule has 0 saturated carbocycles. The molecule has 112 valence electrons. The van der Waals surface area contributed by atoms with E-state index in [0.29, 0.717) is 11.3 Å². The molecule has 5 heteroatoms. The van der Waals surface area contributed by atoms with E-state index >= 15 is 0 Å². The van der Waals surface area contributed by atoms with Gasteiger partial charge in [0.1, 0.15) is 0 Å². The smallest absolute Gasteiger partial charge is 0.257 e. The Hall–Kier alpha value is -3.21. The third-order valence-electron chi connectivity index (χ3n) is 3.92. The van der Waals surface area contributed by atoms with E-state index in [4.69, 9.17) is 0 Å². The number of pyridine rings is 2. The molecule has 3 aromatic heterocycles. The van der Waals surface area contributed by atoms with Crippen LogP contribution in [0, 0.1) is 6.92 Å². The van der Waals surface area contributed by atoms with Gasteiger partial charge in [-0.3, -0.25) is 4.79 Å². The molecule has 0 fully saturated rings. The molecule has 0 unspecified atom stereocenters. The van der Waals surface area contributed by atoms with Crippen molar-refractivity contribution in [1.82, 2.24) is 19.9 Å². The topological polar surface area (TPSA) is 74.4 Å². The Morgan fingerprint density at radius 1 is 1.09 bits per heavy atom. The number of hydrogen-bond donors (Lipinski definition) is 2. The van der Waals surface area contributed by atoms with Crippen molar-refractivity contribution < 1.29 is 0 Å². The quantitative estimate of drug-likeness (QED) is 0.596. The number of aryl methyl sites for hydroxylation is 1. The molecule has 1 aromatic carbocycles. The summed E-state index contributed by atoms with van der Waals surface area (Å²) in [6.45, 7) is 2.03. The Bertz CT molecular complexity index is 1050. The molecule has 0 radical (unpaired) electrons. The van der Waals surface area contributed by atoms with Crippen LogP contribution >= 0.6 is 0 Å². The molecule has 0 aliphatic rings. The van der Waals surface area contributed by atoms with E-state index in [1.54, 1.807) is 30.9 Å². The lowest BCUT2D eigenvalue weighted by Gasteiger charge is -2.08. The largest absolute Gasteiger partial charge is 0.345 e. The summed E-state index contributed by atoms with van der Waals surface area (Å²) in [7, 11) is 0. The van der Waals surface area contributed by atoms with Crippen LogP contribution < -0.4 is 5.56 Å². The van der Waals surface area contributed by atoms with Crippen molar-refractivity contribution in [1.29, 1.82) is 0 Å². The lowest BCUT2D eigenvalue weighted by Crippen LogP contribution is -2.08. The zero-order valence-corrected chi connectivity index (χ0v) is 12.5. The molecule has 0 spiro atoms. The number of aromatic nitrogens is 4. The first kappa shape index (κ1) is 13.5. The van der Waals surface area contributed by atoms with Crippen molar-refractivity contribution in [2.45, 2.75) is 6.92 Å². The fourth-order valence-corrected chi connectivity index (χ4v) is 2.74. The predicted octanol–water partition coefficient (Wildman–Crippen LogP) is 3.29. The van der Waals surface area contributed by atoms with Crippen molar-refractivity contribution in [3.05, 3.63) is 71.0 Å². The lowest BCUT2D eigenvalue weighted by molar-refractivity contribution is 1.22. The van der Waals surface area contributed by atoms with Gasteiger partial charge in [0.2, 0.25) is 0 Å². The minimum Gasteiger partial charge on any atom is -0.345 e. The summed E-state index contributed by atoms with van der Waals surface area (Å²) in [6.07, 6.45) is 5.08. The van der Waals surface area contributed by atoms with E-state index < -0.39 is 0 Å². The monoisotopic (exact) mass is 302 g/mol. The zero-order valence-electron chi connectivity index (χ0n) is 12.5. The maximum absolute atomic E-state index is 12.0. The van der Waals surface area contributed by atoms with Gasteiger partial charge in [-0.1, -0.05) is 6.07 Å². The Labute approximate surface area is 132 Å². The molecule has 4 rings (SSSR count). The Morgan fingerprint density at radius 3 is 2.78 bits per heavy atom. The average Bonchev–Trinajstić information content (AvgIpc) is 3.09. The summed E-state index contributed by atoms with van der Waals surface area (Å²) >= 11 is 0. The molecule has 23 heavy (non-hydrogen) atoms. The first-order valence-electron chi connectivity index (χ1n) is 7.30. The number of nitrogens with zero attached hydrogens (tertiary/aromatic N) is 2. The highest BCUT2D eigenvalue weighted by molar-refractivity contribution is 5.88. The van der Waals surface area contributed by atoms with Crippen molar-refractivity contribution in [3.8, 4) is 22.5 Å². The maximum Gasteiger partial charge on any atom is 0.257 e. The van der Waals surface area contributed by atoms with Crippen LogP contribution in [0.25, 0.3) is 33.4 Å². The number of rotatable bonds is 2. The summed E-state index contributed by atoms with van der Waals surface area (Å²) in [5, 5.41) is 1.06. The highest BCUT2D eigenvalue weighted by Gasteiger charge is 2.09. The Balaban J connectivity index is 1.91. The SMILES string of the molecule is Cc1cc(-c2ccc[nH]c2=O)nc2ccc(-c3cnc[nH]3)cc12. The summed E-state index contributed by atoms with van der Waals surface area (Å²) in [6, 6.07) is 11.6. The molecular formula is C18H14N4O. The van der Waals surface area contributed by atoms with Crippen LogP contribution in [-0.2, 0) is 0 Å². The minimum atomic E-state index is -0.132. The average molecular weight is 302 g/mol. The van der Waals surface area contributed by atoms with Crippen LogP contribution in [0.15, 0.2) is 59.9 Å². The first-order chi connectivity index (χ1) is 11.2. The highest BCUT2D eigenvalue weighted by Crippen LogP contribution is 2.26. The van der Waals surface area contributed by atoms with Crippen LogP contribution in [0.5, 0.6) is 0 Å². The van der Waals surface area contributed by atoms with E-state index in [2.05, 4.69) is 26.0 Å². The molecule has 0 saturated heterocycles. The second-order valence-corrected chi connectivity index (χ2v) is 5.43. The molecule has 0 atom stereocenters. The number of fused-ring (bicyclic) bond motifs is 1. The van der Waals surface area contributed by atoms with Gasteiger partial charge in [0.15, 0.2) is 0 Å². The first-order valence-corrected chi connectivity index (χ1v) is 7.30. The van der Waals surface area contributed by atoms with Crippen molar-refractivity contribution in [2.24, 2.45) is 0 Å². The van der Waals surface area contributed by atoms with Gasteiger partial charge in [-0.25, -0.2) is 9.97 Å². The van der Waals surface area contributed by atoms with Crippen LogP contribution in [0.4, 0.5) is 0 Å². The predicted molar refractivity (Wildman–Crippen MR) is 90.1 cm³/mol.